The van der Waals surface area contributed by atoms with Crippen LogP contribution in [-0.4, -0.2) is 14.8 Å². The van der Waals surface area contributed by atoms with E-state index in [0.717, 1.165) is 18.9 Å². The molecule has 3 nitrogen and oxygen atoms in total. The lowest BCUT2D eigenvalue weighted by Gasteiger charge is -2.27. The quantitative estimate of drug-likeness (QED) is 0.889. The zero-order chi connectivity index (χ0) is 14.8. The summed E-state index contributed by atoms with van der Waals surface area (Å²) in [7, 11) is 0. The first-order chi connectivity index (χ1) is 10.1. The highest BCUT2D eigenvalue weighted by Crippen LogP contribution is 2.43. The molecule has 21 heavy (non-hydrogen) atoms. The first kappa shape index (κ1) is 15.1. The molecule has 0 saturated carbocycles. The summed E-state index contributed by atoms with van der Waals surface area (Å²) in [6.07, 6.45) is 5.19. The number of nitrogens with zero attached hydrogens (tertiary/aromatic N) is 2. The molecule has 0 aromatic carbocycles. The van der Waals surface area contributed by atoms with Crippen molar-refractivity contribution in [2.75, 3.05) is 0 Å². The van der Waals surface area contributed by atoms with Crippen LogP contribution in [0.1, 0.15) is 44.6 Å². The van der Waals surface area contributed by atoms with E-state index >= 15 is 0 Å². The molecule has 0 saturated heterocycles. The second-order valence-corrected chi connectivity index (χ2v) is 8.77. The van der Waals surface area contributed by atoms with E-state index in [2.05, 4.69) is 53.3 Å². The molecule has 0 unspecified atom stereocenters. The van der Waals surface area contributed by atoms with Gasteiger partial charge in [-0.2, -0.15) is 0 Å². The summed E-state index contributed by atoms with van der Waals surface area (Å²) in [4.78, 5) is 4.51. The maximum atomic E-state index is 4.51. The molecule has 0 fully saturated rings. The molecule has 1 N–H and O–H groups in total. The average Bonchev–Trinajstić information content (AvgIpc) is 3.04. The van der Waals surface area contributed by atoms with E-state index in [1.54, 1.807) is 0 Å². The number of rotatable bonds is 5. The predicted molar refractivity (Wildman–Crippen MR) is 90.9 cm³/mol. The van der Waals surface area contributed by atoms with Gasteiger partial charge in [0.25, 0.3) is 0 Å². The Morgan fingerprint density at radius 1 is 1.48 bits per heavy atom. The molecule has 114 valence electrons. The molecule has 0 aliphatic carbocycles. The lowest BCUT2D eigenvalue weighted by atomic mass is 10.0. The molecule has 3 heterocycles. The van der Waals surface area contributed by atoms with Crippen molar-refractivity contribution in [1.82, 2.24) is 14.9 Å². The topological polar surface area (TPSA) is 29.9 Å². The number of hydrogen-bond acceptors (Lipinski definition) is 4. The van der Waals surface area contributed by atoms with Gasteiger partial charge in [0.15, 0.2) is 0 Å². The van der Waals surface area contributed by atoms with E-state index < -0.39 is 0 Å². The van der Waals surface area contributed by atoms with Gasteiger partial charge in [-0.1, -0.05) is 20.8 Å². The van der Waals surface area contributed by atoms with Gasteiger partial charge in [0.05, 0.1) is 10.8 Å². The summed E-state index contributed by atoms with van der Waals surface area (Å²) in [6, 6.07) is 2.74. The van der Waals surface area contributed by atoms with Crippen molar-refractivity contribution >= 4 is 23.1 Å². The number of nitrogens with one attached hydrogen (secondary N) is 1. The molecule has 1 aliphatic heterocycles. The third-order valence-corrected chi connectivity index (χ3v) is 6.12. The van der Waals surface area contributed by atoms with Crippen LogP contribution in [0.5, 0.6) is 0 Å². The minimum absolute atomic E-state index is 0.465. The molecule has 2 aromatic rings. The maximum absolute atomic E-state index is 4.51. The largest absolute Gasteiger partial charge is 0.334 e. The Morgan fingerprint density at radius 2 is 2.33 bits per heavy atom. The first-order valence-electron chi connectivity index (χ1n) is 7.61. The molecule has 5 heteroatoms. The molecular weight excluding hydrogens is 298 g/mol. The van der Waals surface area contributed by atoms with Crippen LogP contribution >= 0.6 is 23.1 Å². The van der Waals surface area contributed by atoms with E-state index in [0.29, 0.717) is 17.2 Å². The molecule has 0 bridgehead atoms. The van der Waals surface area contributed by atoms with Crippen LogP contribution in [0.25, 0.3) is 0 Å². The highest BCUT2D eigenvalue weighted by molar-refractivity contribution is 8.01. The van der Waals surface area contributed by atoms with Gasteiger partial charge in [-0.15, -0.1) is 23.1 Å². The van der Waals surface area contributed by atoms with Crippen LogP contribution in [0.4, 0.5) is 0 Å². The van der Waals surface area contributed by atoms with Crippen molar-refractivity contribution in [3.05, 3.63) is 35.2 Å². The molecule has 0 spiro atoms. The lowest BCUT2D eigenvalue weighted by molar-refractivity contribution is 0.453. The number of imidazole rings is 1. The van der Waals surface area contributed by atoms with E-state index in [1.165, 1.54) is 16.2 Å². The first-order valence-corrected chi connectivity index (χ1v) is 9.37. The highest BCUT2D eigenvalue weighted by atomic mass is 32.2. The summed E-state index contributed by atoms with van der Waals surface area (Å²) in [5.74, 6) is 1.79. The Labute approximate surface area is 135 Å². The van der Waals surface area contributed by atoms with Gasteiger partial charge in [-0.25, -0.2) is 4.98 Å². The summed E-state index contributed by atoms with van der Waals surface area (Å²) in [5, 5.41) is 6.62. The van der Waals surface area contributed by atoms with Crippen LogP contribution in [0.2, 0.25) is 0 Å². The Bertz CT molecular complexity index is 588. The third kappa shape index (κ3) is 3.52. The molecule has 0 amide bonds. The zero-order valence-corrected chi connectivity index (χ0v) is 14.5. The minimum atomic E-state index is 0.465. The fourth-order valence-electron chi connectivity index (χ4n) is 2.82. The maximum Gasteiger partial charge on any atom is 0.122 e. The Balaban J connectivity index is 1.67. The minimum Gasteiger partial charge on any atom is -0.334 e. The standard InChI is InChI=1S/C16H23N3S2/c1-11(2)10-19-6-5-17-15(19)9-18-14-8-12(3)21-16-13(14)4-7-20-16/h4-7,11-12,14,18H,8-10H2,1-3H3/t12-,14-/m0/s1. The van der Waals surface area contributed by atoms with Crippen molar-refractivity contribution in [2.45, 2.75) is 55.8 Å². The predicted octanol–water partition coefficient (Wildman–Crippen LogP) is 4.32. The molecule has 0 radical (unpaired) electrons. The van der Waals surface area contributed by atoms with Crippen LogP contribution in [-0.2, 0) is 13.1 Å². The Morgan fingerprint density at radius 3 is 3.14 bits per heavy atom. The van der Waals surface area contributed by atoms with Crippen molar-refractivity contribution in [2.24, 2.45) is 5.92 Å². The molecule has 1 aliphatic rings. The van der Waals surface area contributed by atoms with Gasteiger partial charge in [0, 0.05) is 30.2 Å². The number of fused-ring (bicyclic) bond motifs is 1. The van der Waals surface area contributed by atoms with E-state index in [9.17, 15) is 0 Å². The molecule has 2 aromatic heterocycles. The van der Waals surface area contributed by atoms with Gasteiger partial charge in [-0.05, 0) is 29.3 Å². The number of hydrogen-bond donors (Lipinski definition) is 1. The van der Waals surface area contributed by atoms with Crippen LogP contribution in [0, 0.1) is 5.92 Å². The van der Waals surface area contributed by atoms with Crippen LogP contribution in [0.15, 0.2) is 28.0 Å². The Hall–Kier alpha value is -0.780. The normalized spacial score (nSPS) is 21.7. The summed E-state index contributed by atoms with van der Waals surface area (Å²) >= 11 is 3.88. The van der Waals surface area contributed by atoms with Gasteiger partial charge in [0.1, 0.15) is 5.82 Å². The number of thiophene rings is 1. The van der Waals surface area contributed by atoms with Gasteiger partial charge in [-0.3, -0.25) is 0 Å². The average molecular weight is 322 g/mol. The lowest BCUT2D eigenvalue weighted by Crippen LogP contribution is -2.27. The van der Waals surface area contributed by atoms with E-state index in [1.807, 2.05) is 29.3 Å². The summed E-state index contributed by atoms with van der Waals surface area (Å²) < 4.78 is 3.75. The SMILES string of the molecule is CC(C)Cn1ccnc1CN[C@H]1C[C@H](C)Sc2sccc21. The zero-order valence-electron chi connectivity index (χ0n) is 12.9. The molecule has 2 atom stereocenters. The van der Waals surface area contributed by atoms with Crippen molar-refractivity contribution in [3.63, 3.8) is 0 Å². The van der Waals surface area contributed by atoms with Crippen molar-refractivity contribution < 1.29 is 0 Å². The fraction of sp³-hybridized carbons (Fsp3) is 0.562. The van der Waals surface area contributed by atoms with Crippen molar-refractivity contribution in [3.8, 4) is 0 Å². The monoisotopic (exact) mass is 321 g/mol. The van der Waals surface area contributed by atoms with E-state index in [-0.39, 0.29) is 0 Å². The van der Waals surface area contributed by atoms with Gasteiger partial charge in [0.2, 0.25) is 0 Å². The van der Waals surface area contributed by atoms with Crippen LogP contribution < -0.4 is 5.32 Å². The second kappa shape index (κ2) is 6.55. The molecular formula is C16H23N3S2. The summed E-state index contributed by atoms with van der Waals surface area (Å²) in [5.41, 5.74) is 1.48. The van der Waals surface area contributed by atoms with Crippen molar-refractivity contribution in [1.29, 1.82) is 0 Å². The number of thioether (sulfide) groups is 1. The second-order valence-electron chi connectivity index (χ2n) is 6.15. The summed E-state index contributed by atoms with van der Waals surface area (Å²) in [6.45, 7) is 8.69. The number of aromatic nitrogens is 2. The fourth-order valence-corrected chi connectivity index (χ4v) is 5.39. The van der Waals surface area contributed by atoms with Crippen LogP contribution in [0.3, 0.4) is 0 Å². The van der Waals surface area contributed by atoms with Gasteiger partial charge < -0.3 is 9.88 Å². The third-order valence-electron chi connectivity index (χ3n) is 3.78. The van der Waals surface area contributed by atoms with E-state index in [4.69, 9.17) is 0 Å². The smallest absolute Gasteiger partial charge is 0.122 e. The van der Waals surface area contributed by atoms with Gasteiger partial charge >= 0.3 is 0 Å². The highest BCUT2D eigenvalue weighted by Gasteiger charge is 2.26. The Kier molecular flexibility index (Phi) is 4.72. The molecule has 3 rings (SSSR count).